The molecule has 4 heteroatoms. The summed E-state index contributed by atoms with van der Waals surface area (Å²) < 4.78 is 0. The summed E-state index contributed by atoms with van der Waals surface area (Å²) >= 11 is 0. The summed E-state index contributed by atoms with van der Waals surface area (Å²) in [6.07, 6.45) is 7.89. The molecule has 0 aromatic heterocycles. The summed E-state index contributed by atoms with van der Waals surface area (Å²) in [5, 5.41) is 0. The minimum absolute atomic E-state index is 0.269. The smallest absolute Gasteiger partial charge is 0.219 e. The van der Waals surface area contributed by atoms with Crippen LogP contribution in [0.3, 0.4) is 0 Å². The van der Waals surface area contributed by atoms with Crippen molar-refractivity contribution in [3.05, 3.63) is 0 Å². The first-order valence-electron chi connectivity index (χ1n) is 8.87. The largest absolute Gasteiger partial charge is 0.342 e. The van der Waals surface area contributed by atoms with Crippen LogP contribution < -0.4 is 0 Å². The Bertz CT molecular complexity index is 357. The van der Waals surface area contributed by atoms with Gasteiger partial charge in [-0.3, -0.25) is 4.79 Å². The molecular weight excluding hydrogens is 262 g/mol. The van der Waals surface area contributed by atoms with Gasteiger partial charge in [-0.15, -0.1) is 0 Å². The Kier molecular flexibility index (Phi) is 4.85. The lowest BCUT2D eigenvalue weighted by Crippen LogP contribution is -2.51. The third-order valence-corrected chi connectivity index (χ3v) is 5.95. The molecule has 0 saturated carbocycles. The maximum atomic E-state index is 11.6. The van der Waals surface area contributed by atoms with Crippen molar-refractivity contribution in [2.45, 2.75) is 45.4 Å². The van der Waals surface area contributed by atoms with Crippen molar-refractivity contribution in [3.63, 3.8) is 0 Å². The van der Waals surface area contributed by atoms with E-state index < -0.39 is 0 Å². The molecule has 21 heavy (non-hydrogen) atoms. The topological polar surface area (TPSA) is 26.8 Å². The molecular formula is C17H31N3O. The predicted octanol–water partition coefficient (Wildman–Crippen LogP) is 1.81. The highest BCUT2D eigenvalue weighted by Gasteiger charge is 2.38. The molecule has 0 unspecified atom stereocenters. The second kappa shape index (κ2) is 6.66. The maximum absolute atomic E-state index is 11.6. The zero-order valence-electron chi connectivity index (χ0n) is 13.6. The number of carbonyl (C=O) groups is 1. The summed E-state index contributed by atoms with van der Waals surface area (Å²) in [6.45, 7) is 11.3. The van der Waals surface area contributed by atoms with Gasteiger partial charge in [-0.2, -0.15) is 0 Å². The van der Waals surface area contributed by atoms with E-state index in [1.165, 1.54) is 77.8 Å². The van der Waals surface area contributed by atoms with Crippen LogP contribution in [0.15, 0.2) is 0 Å². The Hall–Kier alpha value is -0.610. The van der Waals surface area contributed by atoms with Crippen LogP contribution in [-0.4, -0.2) is 73.0 Å². The third kappa shape index (κ3) is 3.78. The molecule has 0 aromatic rings. The lowest BCUT2D eigenvalue weighted by molar-refractivity contribution is -0.133. The number of likely N-dealkylation sites (tertiary alicyclic amines) is 3. The van der Waals surface area contributed by atoms with E-state index in [1.54, 1.807) is 6.92 Å². The molecule has 3 fully saturated rings. The summed E-state index contributed by atoms with van der Waals surface area (Å²) in [5.74, 6) is 0.269. The van der Waals surface area contributed by atoms with E-state index in [4.69, 9.17) is 0 Å². The molecule has 3 aliphatic heterocycles. The normalized spacial score (nSPS) is 27.4. The van der Waals surface area contributed by atoms with E-state index in [2.05, 4.69) is 14.7 Å². The number of amides is 1. The number of carbonyl (C=O) groups excluding carboxylic acids is 1. The summed E-state index contributed by atoms with van der Waals surface area (Å²) in [4.78, 5) is 19.0. The van der Waals surface area contributed by atoms with Crippen molar-refractivity contribution in [1.82, 2.24) is 14.7 Å². The van der Waals surface area contributed by atoms with E-state index in [-0.39, 0.29) is 5.91 Å². The molecule has 0 aromatic carbocycles. The van der Waals surface area contributed by atoms with Crippen LogP contribution in [0, 0.1) is 5.41 Å². The number of hydrogen-bond donors (Lipinski definition) is 0. The second-order valence-corrected chi connectivity index (χ2v) is 7.43. The van der Waals surface area contributed by atoms with Gasteiger partial charge in [0, 0.05) is 33.1 Å². The van der Waals surface area contributed by atoms with Gasteiger partial charge in [-0.05, 0) is 70.1 Å². The molecule has 0 radical (unpaired) electrons. The Morgan fingerprint density at radius 2 is 1.48 bits per heavy atom. The van der Waals surface area contributed by atoms with E-state index in [9.17, 15) is 4.79 Å². The van der Waals surface area contributed by atoms with Crippen molar-refractivity contribution >= 4 is 5.91 Å². The molecule has 0 bridgehead atoms. The van der Waals surface area contributed by atoms with Gasteiger partial charge in [-0.1, -0.05) is 0 Å². The van der Waals surface area contributed by atoms with Gasteiger partial charge < -0.3 is 14.7 Å². The monoisotopic (exact) mass is 293 g/mol. The molecule has 3 heterocycles. The minimum atomic E-state index is 0.269. The molecule has 120 valence electrons. The van der Waals surface area contributed by atoms with Gasteiger partial charge in [0.1, 0.15) is 0 Å². The average molecular weight is 293 g/mol. The molecule has 0 aliphatic carbocycles. The fourth-order valence-corrected chi connectivity index (χ4v) is 4.42. The zero-order chi connectivity index (χ0) is 14.7. The number of hydrogen-bond acceptors (Lipinski definition) is 3. The summed E-state index contributed by atoms with van der Waals surface area (Å²) in [6, 6.07) is 0. The van der Waals surface area contributed by atoms with Crippen molar-refractivity contribution < 1.29 is 4.79 Å². The third-order valence-electron chi connectivity index (χ3n) is 5.95. The lowest BCUT2D eigenvalue weighted by Gasteiger charge is -2.47. The Morgan fingerprint density at radius 3 is 2.10 bits per heavy atom. The van der Waals surface area contributed by atoms with Crippen molar-refractivity contribution in [2.24, 2.45) is 5.41 Å². The molecule has 3 saturated heterocycles. The SMILES string of the molecule is CC(=O)N1CCCC2(CCN(CCN3CCCC3)CC2)C1. The van der Waals surface area contributed by atoms with E-state index in [0.29, 0.717) is 5.41 Å². The molecule has 4 nitrogen and oxygen atoms in total. The van der Waals surface area contributed by atoms with E-state index >= 15 is 0 Å². The quantitative estimate of drug-likeness (QED) is 0.794. The van der Waals surface area contributed by atoms with Gasteiger partial charge in [0.25, 0.3) is 0 Å². The van der Waals surface area contributed by atoms with Crippen LogP contribution in [0.5, 0.6) is 0 Å². The van der Waals surface area contributed by atoms with Crippen LogP contribution in [0.1, 0.15) is 45.4 Å². The predicted molar refractivity (Wildman–Crippen MR) is 85.3 cm³/mol. The standard InChI is InChI=1S/C17H31N3O/c1-16(21)20-10-4-5-17(15-20)6-11-19(12-7-17)14-13-18-8-2-3-9-18/h2-15H2,1H3. The molecule has 3 rings (SSSR count). The van der Waals surface area contributed by atoms with Gasteiger partial charge in [0.05, 0.1) is 0 Å². The van der Waals surface area contributed by atoms with Crippen LogP contribution in [-0.2, 0) is 4.79 Å². The Labute approximate surface area is 129 Å². The number of nitrogens with zero attached hydrogens (tertiary/aromatic N) is 3. The van der Waals surface area contributed by atoms with Gasteiger partial charge in [0.15, 0.2) is 0 Å². The van der Waals surface area contributed by atoms with Gasteiger partial charge in [0.2, 0.25) is 5.91 Å². The first kappa shape index (κ1) is 15.3. The molecule has 0 atom stereocenters. The first-order chi connectivity index (χ1) is 10.2. The molecule has 3 aliphatic rings. The highest BCUT2D eigenvalue weighted by molar-refractivity contribution is 5.73. The van der Waals surface area contributed by atoms with Gasteiger partial charge >= 0.3 is 0 Å². The van der Waals surface area contributed by atoms with Crippen LogP contribution in [0.25, 0.3) is 0 Å². The molecule has 0 N–H and O–H groups in total. The average Bonchev–Trinajstić information content (AvgIpc) is 3.00. The van der Waals surface area contributed by atoms with E-state index in [0.717, 1.165) is 13.1 Å². The fraction of sp³-hybridized carbons (Fsp3) is 0.941. The number of piperidine rings is 2. The second-order valence-electron chi connectivity index (χ2n) is 7.43. The minimum Gasteiger partial charge on any atom is -0.342 e. The van der Waals surface area contributed by atoms with Crippen molar-refractivity contribution in [2.75, 3.05) is 52.4 Å². The fourth-order valence-electron chi connectivity index (χ4n) is 4.42. The van der Waals surface area contributed by atoms with Crippen LogP contribution >= 0.6 is 0 Å². The Morgan fingerprint density at radius 1 is 0.857 bits per heavy atom. The molecule has 1 spiro atoms. The lowest BCUT2D eigenvalue weighted by atomic mass is 9.72. The summed E-state index contributed by atoms with van der Waals surface area (Å²) in [7, 11) is 0. The highest BCUT2D eigenvalue weighted by atomic mass is 16.2. The number of rotatable bonds is 3. The first-order valence-corrected chi connectivity index (χ1v) is 8.87. The maximum Gasteiger partial charge on any atom is 0.219 e. The van der Waals surface area contributed by atoms with Crippen molar-refractivity contribution in [1.29, 1.82) is 0 Å². The van der Waals surface area contributed by atoms with Crippen molar-refractivity contribution in [3.8, 4) is 0 Å². The Balaban J connectivity index is 1.44. The van der Waals surface area contributed by atoms with E-state index in [1.807, 2.05) is 0 Å². The zero-order valence-corrected chi connectivity index (χ0v) is 13.6. The van der Waals surface area contributed by atoms with Crippen LogP contribution in [0.4, 0.5) is 0 Å². The van der Waals surface area contributed by atoms with Gasteiger partial charge in [-0.25, -0.2) is 0 Å². The molecule has 1 amide bonds. The summed E-state index contributed by atoms with van der Waals surface area (Å²) in [5.41, 5.74) is 0.439. The highest BCUT2D eigenvalue weighted by Crippen LogP contribution is 2.39. The van der Waals surface area contributed by atoms with Crippen LogP contribution in [0.2, 0.25) is 0 Å².